The lowest BCUT2D eigenvalue weighted by Gasteiger charge is -2.16. The summed E-state index contributed by atoms with van der Waals surface area (Å²) in [6, 6.07) is 7.77. The van der Waals surface area contributed by atoms with Crippen molar-refractivity contribution in [1.82, 2.24) is 0 Å². The van der Waals surface area contributed by atoms with Gasteiger partial charge in [0.05, 0.1) is 5.56 Å². The molecule has 1 aromatic rings. The first kappa shape index (κ1) is 22.9. The van der Waals surface area contributed by atoms with E-state index in [2.05, 4.69) is 6.92 Å². The van der Waals surface area contributed by atoms with E-state index in [1.807, 2.05) is 24.3 Å². The van der Waals surface area contributed by atoms with Gasteiger partial charge >= 0.3 is 5.97 Å². The van der Waals surface area contributed by atoms with Crippen molar-refractivity contribution in [2.75, 3.05) is 0 Å². The van der Waals surface area contributed by atoms with Gasteiger partial charge in [-0.05, 0) is 43.4 Å². The van der Waals surface area contributed by atoms with Gasteiger partial charge < -0.3 is 0 Å². The first-order valence-corrected chi connectivity index (χ1v) is 11.6. The van der Waals surface area contributed by atoms with Crippen molar-refractivity contribution in [3.05, 3.63) is 41.5 Å². The van der Waals surface area contributed by atoms with Crippen LogP contribution < -0.4 is 0 Å². The third kappa shape index (κ3) is 9.73. The quantitative estimate of drug-likeness (QED) is 0.260. The molecule has 3 nitrogen and oxygen atoms in total. The molecule has 1 radical (unpaired) electrons. The Kier molecular flexibility index (Phi) is 12.0. The molecule has 1 saturated carbocycles. The lowest BCUT2D eigenvalue weighted by atomic mass is 9.99. The van der Waals surface area contributed by atoms with Gasteiger partial charge in [-0.1, -0.05) is 96.1 Å². The second kappa shape index (κ2) is 14.6. The molecule has 0 N–H and O–H groups in total. The highest BCUT2D eigenvalue weighted by molar-refractivity contribution is 5.88. The van der Waals surface area contributed by atoms with Crippen LogP contribution in [0.1, 0.15) is 119 Å². The molecule has 0 saturated heterocycles. The average molecular weight is 388 g/mol. The molecule has 0 spiro atoms. The van der Waals surface area contributed by atoms with Crippen LogP contribution in [0.5, 0.6) is 0 Å². The summed E-state index contributed by atoms with van der Waals surface area (Å²) in [6.07, 6.45) is 20.2. The molecule has 0 amide bonds. The Balaban J connectivity index is 1.73. The van der Waals surface area contributed by atoms with E-state index < -0.39 is 5.97 Å². The molecule has 0 aliphatic heterocycles. The zero-order valence-corrected chi connectivity index (χ0v) is 17.8. The van der Waals surface area contributed by atoms with Gasteiger partial charge in [-0.15, -0.1) is 0 Å². The number of hydrogen-bond donors (Lipinski definition) is 0. The highest BCUT2D eigenvalue weighted by Crippen LogP contribution is 2.24. The smallest absolute Gasteiger partial charge is 0.292 e. The summed E-state index contributed by atoms with van der Waals surface area (Å²) >= 11 is 0. The standard InChI is InChI=1S/C25H39O3/c1-2-3-4-12-15-22-18-20-23(21-19-22)25(26)28-27-24-16-13-10-8-6-5-7-9-11-14-17-24/h18-21H,2-17H2,1H3. The van der Waals surface area contributed by atoms with Gasteiger partial charge in [-0.3, -0.25) is 4.89 Å². The fourth-order valence-electron chi connectivity index (χ4n) is 3.80. The Hall–Kier alpha value is -1.35. The molecule has 157 valence electrons. The predicted octanol–water partition coefficient (Wildman–Crippen LogP) is 7.73. The van der Waals surface area contributed by atoms with Crippen LogP contribution in [0.3, 0.4) is 0 Å². The minimum Gasteiger partial charge on any atom is -0.292 e. The number of carbonyl (C=O) groups is 1. The van der Waals surface area contributed by atoms with E-state index in [1.165, 1.54) is 76.2 Å². The largest absolute Gasteiger partial charge is 0.373 e. The molecule has 0 unspecified atom stereocenters. The number of rotatable bonds is 8. The van der Waals surface area contributed by atoms with Crippen LogP contribution in [0.25, 0.3) is 0 Å². The second-order valence-corrected chi connectivity index (χ2v) is 8.18. The van der Waals surface area contributed by atoms with Crippen molar-refractivity contribution in [1.29, 1.82) is 0 Å². The first-order chi connectivity index (χ1) is 13.8. The van der Waals surface area contributed by atoms with Gasteiger partial charge in [0.15, 0.2) is 0 Å². The number of aryl methyl sites for hydroxylation is 1. The molecule has 1 aliphatic rings. The van der Waals surface area contributed by atoms with Gasteiger partial charge in [0.1, 0.15) is 6.10 Å². The SMILES string of the molecule is CCCCCCc1ccc(C(=O)OO[C]2CCCCCCCCCCC2)cc1. The van der Waals surface area contributed by atoms with Gasteiger partial charge in [0.2, 0.25) is 0 Å². The van der Waals surface area contributed by atoms with Gasteiger partial charge in [-0.2, -0.15) is 4.89 Å². The summed E-state index contributed by atoms with van der Waals surface area (Å²) < 4.78 is 0. The fraction of sp³-hybridized carbons (Fsp3) is 0.680. The maximum absolute atomic E-state index is 12.3. The number of carbonyl (C=O) groups excluding carboxylic acids is 1. The van der Waals surface area contributed by atoms with Crippen molar-refractivity contribution in [3.63, 3.8) is 0 Å². The molecular formula is C25H39O3. The van der Waals surface area contributed by atoms with Crippen LogP contribution >= 0.6 is 0 Å². The van der Waals surface area contributed by atoms with Crippen molar-refractivity contribution < 1.29 is 14.6 Å². The molecule has 28 heavy (non-hydrogen) atoms. The van der Waals surface area contributed by atoms with E-state index in [0.717, 1.165) is 38.2 Å². The Labute approximate surface area is 172 Å². The molecule has 2 rings (SSSR count). The monoisotopic (exact) mass is 387 g/mol. The lowest BCUT2D eigenvalue weighted by molar-refractivity contribution is -0.237. The van der Waals surface area contributed by atoms with Crippen LogP contribution in [0.4, 0.5) is 0 Å². The van der Waals surface area contributed by atoms with E-state index in [1.54, 1.807) is 0 Å². The Bertz CT molecular complexity index is 511. The minimum absolute atomic E-state index is 0.392. The Morgan fingerprint density at radius 2 is 1.36 bits per heavy atom. The molecule has 1 aromatic carbocycles. The van der Waals surface area contributed by atoms with Crippen LogP contribution in [-0.4, -0.2) is 5.97 Å². The van der Waals surface area contributed by atoms with Crippen molar-refractivity contribution in [2.24, 2.45) is 0 Å². The highest BCUT2D eigenvalue weighted by Gasteiger charge is 2.16. The summed E-state index contributed by atoms with van der Waals surface area (Å²) in [7, 11) is 0. The van der Waals surface area contributed by atoms with Crippen LogP contribution in [0.15, 0.2) is 24.3 Å². The summed E-state index contributed by atoms with van der Waals surface area (Å²) in [5.41, 5.74) is 1.84. The fourth-order valence-corrected chi connectivity index (χ4v) is 3.80. The minimum atomic E-state index is -0.392. The molecule has 0 heterocycles. The molecular weight excluding hydrogens is 348 g/mol. The third-order valence-electron chi connectivity index (χ3n) is 5.66. The molecule has 1 fully saturated rings. The maximum atomic E-state index is 12.3. The Morgan fingerprint density at radius 3 is 1.93 bits per heavy atom. The van der Waals surface area contributed by atoms with Crippen LogP contribution in [-0.2, 0) is 16.2 Å². The van der Waals surface area contributed by atoms with E-state index in [0.29, 0.717) is 5.56 Å². The zero-order chi connectivity index (χ0) is 19.9. The molecule has 0 aromatic heterocycles. The Morgan fingerprint density at radius 1 is 0.786 bits per heavy atom. The summed E-state index contributed by atoms with van der Waals surface area (Å²) in [4.78, 5) is 23.0. The molecule has 0 bridgehead atoms. The lowest BCUT2D eigenvalue weighted by Crippen LogP contribution is -2.11. The summed E-state index contributed by atoms with van der Waals surface area (Å²) in [6.45, 7) is 2.23. The van der Waals surface area contributed by atoms with E-state index >= 15 is 0 Å². The van der Waals surface area contributed by atoms with Crippen molar-refractivity contribution >= 4 is 5.97 Å². The van der Waals surface area contributed by atoms with E-state index in [-0.39, 0.29) is 0 Å². The van der Waals surface area contributed by atoms with Gasteiger partial charge in [-0.25, -0.2) is 4.79 Å². The second-order valence-electron chi connectivity index (χ2n) is 8.18. The highest BCUT2D eigenvalue weighted by atomic mass is 17.2. The zero-order valence-electron chi connectivity index (χ0n) is 17.8. The topological polar surface area (TPSA) is 35.5 Å². The van der Waals surface area contributed by atoms with Crippen molar-refractivity contribution in [3.8, 4) is 0 Å². The number of unbranched alkanes of at least 4 members (excludes halogenated alkanes) is 3. The summed E-state index contributed by atoms with van der Waals surface area (Å²) in [5, 5.41) is 0. The normalized spacial score (nSPS) is 17.5. The first-order valence-electron chi connectivity index (χ1n) is 11.6. The molecule has 1 aliphatic carbocycles. The van der Waals surface area contributed by atoms with E-state index in [9.17, 15) is 4.79 Å². The van der Waals surface area contributed by atoms with Crippen LogP contribution in [0, 0.1) is 6.10 Å². The third-order valence-corrected chi connectivity index (χ3v) is 5.66. The molecule has 0 atom stereocenters. The van der Waals surface area contributed by atoms with Crippen LogP contribution in [0.2, 0.25) is 0 Å². The van der Waals surface area contributed by atoms with Gasteiger partial charge in [0.25, 0.3) is 0 Å². The van der Waals surface area contributed by atoms with Crippen molar-refractivity contribution in [2.45, 2.75) is 110 Å². The maximum Gasteiger partial charge on any atom is 0.373 e. The average Bonchev–Trinajstić information content (AvgIpc) is 2.71. The van der Waals surface area contributed by atoms with E-state index in [4.69, 9.17) is 9.78 Å². The summed E-state index contributed by atoms with van der Waals surface area (Å²) in [5.74, 6) is -0.392. The predicted molar refractivity (Wildman–Crippen MR) is 115 cm³/mol. The number of hydrogen-bond acceptors (Lipinski definition) is 3. The number of benzene rings is 1. The van der Waals surface area contributed by atoms with Gasteiger partial charge in [0, 0.05) is 0 Å². The molecule has 3 heteroatoms.